The van der Waals surface area contributed by atoms with E-state index in [1.165, 1.54) is 0 Å². The summed E-state index contributed by atoms with van der Waals surface area (Å²) in [5, 5.41) is 0. The fraction of sp³-hybridized carbons (Fsp3) is 0.167. The van der Waals surface area contributed by atoms with Gasteiger partial charge in [0.2, 0.25) is 0 Å². The average molecular weight is 230 g/mol. The number of rotatable bonds is 4. The van der Waals surface area contributed by atoms with Crippen LogP contribution in [-0.4, -0.2) is 17.1 Å². The zero-order chi connectivity index (χ0) is 12.1. The predicted molar refractivity (Wildman–Crippen MR) is 64.2 cm³/mol. The lowest BCUT2D eigenvalue weighted by Gasteiger charge is -2.17. The molecule has 0 saturated heterocycles. The minimum absolute atomic E-state index is 0.285. The Morgan fingerprint density at radius 2 is 2.00 bits per heavy atom. The van der Waals surface area contributed by atoms with E-state index in [0.29, 0.717) is 5.75 Å². The van der Waals surface area contributed by atoms with Gasteiger partial charge in [-0.05, 0) is 24.3 Å². The fourth-order valence-electron chi connectivity index (χ4n) is 1.64. The molecule has 0 saturated carbocycles. The number of methoxy groups -OCH3 is 1. The number of ether oxygens (including phenoxy) is 1. The second-order valence-corrected chi connectivity index (χ2v) is 3.45. The number of aromatic nitrogens is 2. The molecule has 0 aliphatic heterocycles. The standard InChI is InChI=1S/C12H14N4O/c1-17-10-6-4-8-15-12(10)11(16-13)9-5-2-3-7-14-9/h2-8,11,16H,13H2,1H3. The highest BCUT2D eigenvalue weighted by atomic mass is 16.5. The fourth-order valence-corrected chi connectivity index (χ4v) is 1.64. The summed E-state index contributed by atoms with van der Waals surface area (Å²) in [7, 11) is 1.60. The van der Waals surface area contributed by atoms with E-state index in [4.69, 9.17) is 10.6 Å². The number of hydrazine groups is 1. The first-order valence-electron chi connectivity index (χ1n) is 5.22. The van der Waals surface area contributed by atoms with Crippen LogP contribution in [0.25, 0.3) is 0 Å². The summed E-state index contributed by atoms with van der Waals surface area (Å²) < 4.78 is 5.26. The monoisotopic (exact) mass is 230 g/mol. The second kappa shape index (κ2) is 5.38. The summed E-state index contributed by atoms with van der Waals surface area (Å²) in [4.78, 5) is 8.55. The summed E-state index contributed by atoms with van der Waals surface area (Å²) in [6, 6.07) is 9.02. The van der Waals surface area contributed by atoms with Crippen LogP contribution in [0.15, 0.2) is 42.7 Å². The van der Waals surface area contributed by atoms with Crippen molar-refractivity contribution in [1.82, 2.24) is 15.4 Å². The van der Waals surface area contributed by atoms with Gasteiger partial charge < -0.3 is 4.74 Å². The molecule has 3 N–H and O–H groups in total. The Morgan fingerprint density at radius 3 is 2.65 bits per heavy atom. The van der Waals surface area contributed by atoms with Gasteiger partial charge >= 0.3 is 0 Å². The molecule has 0 aliphatic rings. The normalized spacial score (nSPS) is 12.1. The molecule has 0 spiro atoms. The highest BCUT2D eigenvalue weighted by Gasteiger charge is 2.18. The number of nitrogens with zero attached hydrogens (tertiary/aromatic N) is 2. The van der Waals surface area contributed by atoms with Gasteiger partial charge in [-0.2, -0.15) is 0 Å². The van der Waals surface area contributed by atoms with Gasteiger partial charge in [-0.15, -0.1) is 0 Å². The largest absolute Gasteiger partial charge is 0.495 e. The molecule has 17 heavy (non-hydrogen) atoms. The Balaban J connectivity index is 2.42. The van der Waals surface area contributed by atoms with Crippen molar-refractivity contribution in [2.45, 2.75) is 6.04 Å². The number of hydrogen-bond donors (Lipinski definition) is 2. The van der Waals surface area contributed by atoms with Gasteiger partial charge in [-0.1, -0.05) is 6.07 Å². The van der Waals surface area contributed by atoms with Gasteiger partial charge in [0.25, 0.3) is 0 Å². The molecule has 2 rings (SSSR count). The molecule has 2 heterocycles. The Hall–Kier alpha value is -1.98. The quantitative estimate of drug-likeness (QED) is 0.606. The molecule has 5 heteroatoms. The van der Waals surface area contributed by atoms with Gasteiger partial charge in [0.15, 0.2) is 0 Å². The maximum atomic E-state index is 5.57. The molecule has 5 nitrogen and oxygen atoms in total. The number of pyridine rings is 2. The molecule has 1 atom stereocenters. The van der Waals surface area contributed by atoms with Gasteiger partial charge in [0.1, 0.15) is 17.5 Å². The molecule has 0 fully saturated rings. The Bertz CT molecular complexity index is 475. The van der Waals surface area contributed by atoms with E-state index in [1.54, 1.807) is 19.5 Å². The molecular formula is C12H14N4O. The third-order valence-electron chi connectivity index (χ3n) is 2.44. The van der Waals surface area contributed by atoms with Crippen LogP contribution in [0.5, 0.6) is 5.75 Å². The van der Waals surface area contributed by atoms with Crippen LogP contribution >= 0.6 is 0 Å². The van der Waals surface area contributed by atoms with E-state index in [0.717, 1.165) is 11.4 Å². The van der Waals surface area contributed by atoms with Crippen molar-refractivity contribution in [3.63, 3.8) is 0 Å². The van der Waals surface area contributed by atoms with Crippen LogP contribution < -0.4 is 16.0 Å². The molecule has 2 aromatic rings. The van der Waals surface area contributed by atoms with E-state index in [-0.39, 0.29) is 6.04 Å². The summed E-state index contributed by atoms with van der Waals surface area (Å²) >= 11 is 0. The van der Waals surface area contributed by atoms with E-state index < -0.39 is 0 Å². The molecule has 88 valence electrons. The number of nitrogens with one attached hydrogen (secondary N) is 1. The zero-order valence-corrected chi connectivity index (χ0v) is 9.50. The van der Waals surface area contributed by atoms with Gasteiger partial charge in [0, 0.05) is 12.4 Å². The maximum absolute atomic E-state index is 5.57. The number of nitrogens with two attached hydrogens (primary N) is 1. The van der Waals surface area contributed by atoms with Crippen molar-refractivity contribution in [2.24, 2.45) is 5.84 Å². The maximum Gasteiger partial charge on any atom is 0.142 e. The average Bonchev–Trinajstić information content (AvgIpc) is 2.41. The smallest absolute Gasteiger partial charge is 0.142 e. The minimum Gasteiger partial charge on any atom is -0.495 e. The third-order valence-corrected chi connectivity index (χ3v) is 2.44. The Labute approximate surface area is 99.6 Å². The highest BCUT2D eigenvalue weighted by molar-refractivity contribution is 5.34. The second-order valence-electron chi connectivity index (χ2n) is 3.45. The van der Waals surface area contributed by atoms with Crippen LogP contribution in [0, 0.1) is 0 Å². The topological polar surface area (TPSA) is 73.1 Å². The molecule has 0 radical (unpaired) electrons. The minimum atomic E-state index is -0.285. The molecule has 0 aliphatic carbocycles. The van der Waals surface area contributed by atoms with E-state index in [2.05, 4.69) is 15.4 Å². The van der Waals surface area contributed by atoms with E-state index >= 15 is 0 Å². The molecule has 0 bridgehead atoms. The Kier molecular flexibility index (Phi) is 3.64. The highest BCUT2D eigenvalue weighted by Crippen LogP contribution is 2.25. The first-order valence-corrected chi connectivity index (χ1v) is 5.22. The molecule has 0 aromatic carbocycles. The Morgan fingerprint density at radius 1 is 1.18 bits per heavy atom. The van der Waals surface area contributed by atoms with Crippen molar-refractivity contribution in [1.29, 1.82) is 0 Å². The summed E-state index contributed by atoms with van der Waals surface area (Å²) in [5.74, 6) is 6.26. The van der Waals surface area contributed by atoms with Crippen LogP contribution in [0.3, 0.4) is 0 Å². The summed E-state index contributed by atoms with van der Waals surface area (Å²) in [6.45, 7) is 0. The van der Waals surface area contributed by atoms with Crippen molar-refractivity contribution in [2.75, 3.05) is 7.11 Å². The third kappa shape index (κ3) is 2.41. The SMILES string of the molecule is COc1cccnc1C(NN)c1ccccn1. The van der Waals surface area contributed by atoms with Crippen LogP contribution in [0.4, 0.5) is 0 Å². The first-order chi connectivity index (χ1) is 8.36. The predicted octanol–water partition coefficient (Wildman–Crippen LogP) is 1.04. The lowest BCUT2D eigenvalue weighted by atomic mass is 10.1. The van der Waals surface area contributed by atoms with Gasteiger partial charge in [-0.3, -0.25) is 15.8 Å². The van der Waals surface area contributed by atoms with Crippen molar-refractivity contribution >= 4 is 0 Å². The molecule has 1 unspecified atom stereocenters. The zero-order valence-electron chi connectivity index (χ0n) is 9.50. The van der Waals surface area contributed by atoms with Crippen LogP contribution in [-0.2, 0) is 0 Å². The lowest BCUT2D eigenvalue weighted by Crippen LogP contribution is -2.30. The van der Waals surface area contributed by atoms with Gasteiger partial charge in [0.05, 0.1) is 12.8 Å². The van der Waals surface area contributed by atoms with Crippen LogP contribution in [0.2, 0.25) is 0 Å². The van der Waals surface area contributed by atoms with E-state index in [1.807, 2.05) is 30.3 Å². The van der Waals surface area contributed by atoms with Crippen molar-refractivity contribution < 1.29 is 4.74 Å². The van der Waals surface area contributed by atoms with Gasteiger partial charge in [-0.25, -0.2) is 5.43 Å². The summed E-state index contributed by atoms with van der Waals surface area (Å²) in [5.41, 5.74) is 4.22. The van der Waals surface area contributed by atoms with Crippen molar-refractivity contribution in [3.05, 3.63) is 54.1 Å². The summed E-state index contributed by atoms with van der Waals surface area (Å²) in [6.07, 6.45) is 3.42. The molecular weight excluding hydrogens is 216 g/mol. The first kappa shape index (κ1) is 11.5. The molecule has 2 aromatic heterocycles. The lowest BCUT2D eigenvalue weighted by molar-refractivity contribution is 0.399. The van der Waals surface area contributed by atoms with Crippen molar-refractivity contribution in [3.8, 4) is 5.75 Å². The number of hydrogen-bond acceptors (Lipinski definition) is 5. The molecule has 0 amide bonds. The van der Waals surface area contributed by atoms with Crippen LogP contribution in [0.1, 0.15) is 17.4 Å². The van der Waals surface area contributed by atoms with E-state index in [9.17, 15) is 0 Å².